The molecule has 1 aromatic rings. The molecule has 27 heavy (non-hydrogen) atoms. The van der Waals surface area contributed by atoms with Gasteiger partial charge >= 0.3 is 0 Å². The largest absolute Gasteiger partial charge is 0.357 e. The van der Waals surface area contributed by atoms with Crippen LogP contribution < -0.4 is 10.2 Å². The monoisotopic (exact) mass is 486 g/mol. The SMILES string of the molecule is CCNC(=NCc1ccnc(N2CCN(C)CC2)c1)N1CCC(C)CC1.I. The zero-order valence-electron chi connectivity index (χ0n) is 17.0. The number of pyridine rings is 1. The van der Waals surface area contributed by atoms with E-state index in [9.17, 15) is 0 Å². The van der Waals surface area contributed by atoms with E-state index in [1.807, 2.05) is 6.20 Å². The number of likely N-dealkylation sites (N-methyl/N-ethyl adjacent to an activating group) is 1. The number of aromatic nitrogens is 1. The molecule has 0 saturated carbocycles. The summed E-state index contributed by atoms with van der Waals surface area (Å²) in [6, 6.07) is 4.29. The van der Waals surface area contributed by atoms with Crippen LogP contribution in [0.2, 0.25) is 0 Å². The van der Waals surface area contributed by atoms with Gasteiger partial charge in [0.05, 0.1) is 6.54 Å². The Labute approximate surface area is 181 Å². The summed E-state index contributed by atoms with van der Waals surface area (Å²) in [6.45, 7) is 12.6. The van der Waals surface area contributed by atoms with Crippen LogP contribution in [0, 0.1) is 5.92 Å². The molecule has 2 aliphatic rings. The van der Waals surface area contributed by atoms with Gasteiger partial charge in [0.1, 0.15) is 5.82 Å². The van der Waals surface area contributed by atoms with Crippen LogP contribution in [-0.2, 0) is 6.54 Å². The second kappa shape index (κ2) is 11.0. The van der Waals surface area contributed by atoms with Crippen LogP contribution in [0.1, 0.15) is 32.3 Å². The zero-order chi connectivity index (χ0) is 18.4. The van der Waals surface area contributed by atoms with Gasteiger partial charge in [0.2, 0.25) is 0 Å². The zero-order valence-corrected chi connectivity index (χ0v) is 19.4. The third kappa shape index (κ3) is 6.48. The number of nitrogens with one attached hydrogen (secondary N) is 1. The first-order valence-corrected chi connectivity index (χ1v) is 10.1. The number of aliphatic imine (C=N–C) groups is 1. The van der Waals surface area contributed by atoms with Gasteiger partial charge in [-0.05, 0) is 50.4 Å². The molecule has 0 amide bonds. The van der Waals surface area contributed by atoms with Crippen LogP contribution in [0.3, 0.4) is 0 Å². The Hall–Kier alpha value is -1.09. The van der Waals surface area contributed by atoms with E-state index in [2.05, 4.69) is 58.0 Å². The van der Waals surface area contributed by atoms with Crippen LogP contribution in [0.4, 0.5) is 5.82 Å². The quantitative estimate of drug-likeness (QED) is 0.403. The Bertz CT molecular complexity index is 592. The van der Waals surface area contributed by atoms with E-state index < -0.39 is 0 Å². The summed E-state index contributed by atoms with van der Waals surface area (Å²) in [5.74, 6) is 2.97. The minimum absolute atomic E-state index is 0. The highest BCUT2D eigenvalue weighted by atomic mass is 127. The number of nitrogens with zero attached hydrogens (tertiary/aromatic N) is 5. The third-order valence-electron chi connectivity index (χ3n) is 5.47. The average Bonchev–Trinajstić information content (AvgIpc) is 2.67. The summed E-state index contributed by atoms with van der Waals surface area (Å²) in [7, 11) is 2.18. The van der Waals surface area contributed by atoms with Gasteiger partial charge < -0.3 is 20.0 Å². The summed E-state index contributed by atoms with van der Waals surface area (Å²) in [6.07, 6.45) is 4.44. The molecule has 2 fully saturated rings. The lowest BCUT2D eigenvalue weighted by molar-refractivity contribution is 0.273. The molecule has 2 saturated heterocycles. The normalized spacial score (nSPS) is 19.7. The van der Waals surface area contributed by atoms with Gasteiger partial charge in [-0.3, -0.25) is 0 Å². The minimum atomic E-state index is 0. The number of likely N-dealkylation sites (tertiary alicyclic amines) is 1. The van der Waals surface area contributed by atoms with Crippen LogP contribution in [0.25, 0.3) is 0 Å². The topological polar surface area (TPSA) is 47.0 Å². The molecule has 0 aromatic carbocycles. The molecule has 3 heterocycles. The Morgan fingerprint density at radius 3 is 2.56 bits per heavy atom. The number of anilines is 1. The van der Waals surface area contributed by atoms with Crippen LogP contribution in [0.15, 0.2) is 23.3 Å². The summed E-state index contributed by atoms with van der Waals surface area (Å²) in [5.41, 5.74) is 1.23. The second-order valence-corrected chi connectivity index (χ2v) is 7.65. The van der Waals surface area contributed by atoms with E-state index in [1.165, 1.54) is 18.4 Å². The first kappa shape index (κ1) is 22.2. The van der Waals surface area contributed by atoms with Gasteiger partial charge in [-0.25, -0.2) is 9.98 Å². The molecule has 0 atom stereocenters. The molecule has 0 spiro atoms. The molecule has 1 N–H and O–H groups in total. The number of guanidine groups is 1. The van der Waals surface area contributed by atoms with Gasteiger partial charge in [-0.15, -0.1) is 24.0 Å². The first-order chi connectivity index (χ1) is 12.7. The standard InChI is InChI=1S/C20H34N6.HI/c1-4-21-20(26-9-6-17(2)7-10-26)23-16-18-5-8-22-19(15-18)25-13-11-24(3)12-14-25;/h5,8,15,17H,4,6-7,9-14,16H2,1-3H3,(H,21,23);1H. The summed E-state index contributed by atoms with van der Waals surface area (Å²) in [5, 5.41) is 3.46. The van der Waals surface area contributed by atoms with Gasteiger partial charge in [0.25, 0.3) is 0 Å². The van der Waals surface area contributed by atoms with Gasteiger partial charge in [-0.1, -0.05) is 6.92 Å². The van der Waals surface area contributed by atoms with E-state index in [4.69, 9.17) is 4.99 Å². The number of piperidine rings is 1. The van der Waals surface area contributed by atoms with E-state index >= 15 is 0 Å². The van der Waals surface area contributed by atoms with Crippen molar-refractivity contribution in [2.75, 3.05) is 57.8 Å². The maximum Gasteiger partial charge on any atom is 0.194 e. The number of hydrogen-bond acceptors (Lipinski definition) is 4. The third-order valence-corrected chi connectivity index (χ3v) is 5.47. The number of halogens is 1. The smallest absolute Gasteiger partial charge is 0.194 e. The van der Waals surface area contributed by atoms with E-state index in [1.54, 1.807) is 0 Å². The summed E-state index contributed by atoms with van der Waals surface area (Å²) >= 11 is 0. The summed E-state index contributed by atoms with van der Waals surface area (Å²) in [4.78, 5) is 16.6. The molecule has 0 aliphatic carbocycles. The van der Waals surface area contributed by atoms with Crippen LogP contribution >= 0.6 is 24.0 Å². The van der Waals surface area contributed by atoms with E-state index in [0.717, 1.165) is 63.5 Å². The van der Waals surface area contributed by atoms with Gasteiger partial charge in [0.15, 0.2) is 5.96 Å². The number of rotatable bonds is 4. The Balaban J connectivity index is 0.00000261. The maximum atomic E-state index is 4.91. The maximum absolute atomic E-state index is 4.91. The lowest BCUT2D eigenvalue weighted by Gasteiger charge is -2.33. The first-order valence-electron chi connectivity index (χ1n) is 10.1. The lowest BCUT2D eigenvalue weighted by Crippen LogP contribution is -2.45. The molecule has 0 radical (unpaired) electrons. The van der Waals surface area contributed by atoms with Crippen LogP contribution in [0.5, 0.6) is 0 Å². The lowest BCUT2D eigenvalue weighted by atomic mass is 10.00. The van der Waals surface area contributed by atoms with Crippen molar-refractivity contribution in [3.8, 4) is 0 Å². The molecule has 1 aromatic heterocycles. The fraction of sp³-hybridized carbons (Fsp3) is 0.700. The van der Waals surface area contributed by atoms with Crippen molar-refractivity contribution in [1.29, 1.82) is 0 Å². The number of piperazine rings is 1. The van der Waals surface area contributed by atoms with Crippen LogP contribution in [-0.4, -0.2) is 73.6 Å². The molecular weight excluding hydrogens is 451 g/mol. The Morgan fingerprint density at radius 2 is 1.89 bits per heavy atom. The fourth-order valence-corrected chi connectivity index (χ4v) is 3.58. The van der Waals surface area contributed by atoms with Crippen molar-refractivity contribution in [2.24, 2.45) is 10.9 Å². The average molecular weight is 486 g/mol. The molecular formula is C20H35IN6. The number of hydrogen-bond donors (Lipinski definition) is 1. The Morgan fingerprint density at radius 1 is 1.19 bits per heavy atom. The molecule has 6 nitrogen and oxygen atoms in total. The minimum Gasteiger partial charge on any atom is -0.357 e. The molecule has 0 unspecified atom stereocenters. The highest BCUT2D eigenvalue weighted by Gasteiger charge is 2.19. The van der Waals surface area contributed by atoms with Crippen molar-refractivity contribution < 1.29 is 0 Å². The highest BCUT2D eigenvalue weighted by Crippen LogP contribution is 2.17. The van der Waals surface area contributed by atoms with Crippen molar-refractivity contribution >= 4 is 35.8 Å². The molecule has 3 rings (SSSR count). The van der Waals surface area contributed by atoms with Gasteiger partial charge in [-0.2, -0.15) is 0 Å². The predicted molar refractivity (Wildman–Crippen MR) is 124 cm³/mol. The van der Waals surface area contributed by atoms with Gasteiger partial charge in [0, 0.05) is 52.0 Å². The highest BCUT2D eigenvalue weighted by molar-refractivity contribution is 14.0. The predicted octanol–water partition coefficient (Wildman–Crippen LogP) is 2.65. The second-order valence-electron chi connectivity index (χ2n) is 7.65. The van der Waals surface area contributed by atoms with Crippen molar-refractivity contribution in [3.05, 3.63) is 23.9 Å². The van der Waals surface area contributed by atoms with Crippen molar-refractivity contribution in [1.82, 2.24) is 20.1 Å². The molecule has 2 aliphatic heterocycles. The molecule has 0 bridgehead atoms. The molecule has 7 heteroatoms. The van der Waals surface area contributed by atoms with E-state index in [-0.39, 0.29) is 24.0 Å². The summed E-state index contributed by atoms with van der Waals surface area (Å²) < 4.78 is 0. The van der Waals surface area contributed by atoms with E-state index in [0.29, 0.717) is 6.54 Å². The van der Waals surface area contributed by atoms with Crippen molar-refractivity contribution in [2.45, 2.75) is 33.2 Å². The fourth-order valence-electron chi connectivity index (χ4n) is 3.58. The van der Waals surface area contributed by atoms with Crippen molar-refractivity contribution in [3.63, 3.8) is 0 Å². The Kier molecular flexibility index (Phi) is 9.08. The molecule has 152 valence electrons.